The van der Waals surface area contributed by atoms with Gasteiger partial charge in [-0.1, -0.05) is 36.8 Å². The highest BCUT2D eigenvalue weighted by atomic mass is 35.5. The number of hydrogen-bond donors (Lipinski definition) is 1. The Labute approximate surface area is 120 Å². The van der Waals surface area contributed by atoms with Gasteiger partial charge < -0.3 is 5.32 Å². The number of rotatable bonds is 5. The van der Waals surface area contributed by atoms with Crippen molar-refractivity contribution >= 4 is 34.5 Å². The summed E-state index contributed by atoms with van der Waals surface area (Å²) >= 11 is 6.70. The molecule has 0 unspecified atom stereocenters. The first-order valence-electron chi connectivity index (χ1n) is 6.08. The highest BCUT2D eigenvalue weighted by molar-refractivity contribution is 7.17. The summed E-state index contributed by atoms with van der Waals surface area (Å²) in [6, 6.07) is 7.84. The third-order valence-electron chi connectivity index (χ3n) is 2.63. The quantitative estimate of drug-likeness (QED) is 0.913. The van der Waals surface area contributed by atoms with E-state index < -0.39 is 0 Å². The molecule has 0 radical (unpaired) electrons. The third kappa shape index (κ3) is 4.01. The van der Waals surface area contributed by atoms with Crippen molar-refractivity contribution in [1.82, 2.24) is 10.2 Å². The van der Waals surface area contributed by atoms with Gasteiger partial charge in [0.05, 0.1) is 0 Å². The number of amides is 1. The Kier molecular flexibility index (Phi) is 4.87. The van der Waals surface area contributed by atoms with E-state index in [-0.39, 0.29) is 15.4 Å². The molecule has 0 saturated carbocycles. The summed E-state index contributed by atoms with van der Waals surface area (Å²) < 4.78 is 0.264. The molecule has 19 heavy (non-hydrogen) atoms. The van der Waals surface area contributed by atoms with Gasteiger partial charge in [-0.05, 0) is 42.1 Å². The van der Waals surface area contributed by atoms with Crippen LogP contribution in [0, 0.1) is 0 Å². The number of unbranched alkanes of at least 4 members (excludes halogenated alkanes) is 1. The predicted molar refractivity (Wildman–Crippen MR) is 77.9 cm³/mol. The minimum absolute atomic E-state index is 0.264. The lowest BCUT2D eigenvalue weighted by atomic mass is 10.1. The molecule has 0 saturated heterocycles. The standard InChI is InChI=1S/C13H14ClN3OS/c1-2-3-4-9-5-7-10(8-6-9)15-11(18)12-16-17-13(14)19-12/h5-8H,2-4H2,1H3,(H,15,18). The van der Waals surface area contributed by atoms with Crippen molar-refractivity contribution in [2.24, 2.45) is 0 Å². The number of carbonyl (C=O) groups excluding carboxylic acids is 1. The van der Waals surface area contributed by atoms with Crippen LogP contribution in [0.4, 0.5) is 5.69 Å². The van der Waals surface area contributed by atoms with Crippen molar-refractivity contribution in [1.29, 1.82) is 0 Å². The zero-order chi connectivity index (χ0) is 13.7. The Morgan fingerprint density at radius 3 is 2.63 bits per heavy atom. The van der Waals surface area contributed by atoms with Crippen LogP contribution in [0.15, 0.2) is 24.3 Å². The zero-order valence-corrected chi connectivity index (χ0v) is 12.1. The van der Waals surface area contributed by atoms with E-state index in [0.29, 0.717) is 0 Å². The van der Waals surface area contributed by atoms with E-state index in [1.165, 1.54) is 18.4 Å². The Bertz CT molecular complexity index is 553. The molecule has 1 amide bonds. The molecule has 4 nitrogen and oxygen atoms in total. The Morgan fingerprint density at radius 2 is 2.05 bits per heavy atom. The SMILES string of the molecule is CCCCc1ccc(NC(=O)c2nnc(Cl)s2)cc1. The normalized spacial score (nSPS) is 10.4. The predicted octanol–water partition coefficient (Wildman–Crippen LogP) is 3.79. The van der Waals surface area contributed by atoms with Gasteiger partial charge in [-0.15, -0.1) is 10.2 Å². The average Bonchev–Trinajstić information content (AvgIpc) is 2.85. The summed E-state index contributed by atoms with van der Waals surface area (Å²) in [6.45, 7) is 2.17. The van der Waals surface area contributed by atoms with Crippen LogP contribution in [0.5, 0.6) is 0 Å². The lowest BCUT2D eigenvalue weighted by molar-refractivity contribution is 0.102. The van der Waals surface area contributed by atoms with Crippen LogP contribution in [-0.2, 0) is 6.42 Å². The van der Waals surface area contributed by atoms with Gasteiger partial charge in [0.25, 0.3) is 5.91 Å². The number of nitrogens with one attached hydrogen (secondary N) is 1. The Morgan fingerprint density at radius 1 is 1.32 bits per heavy atom. The van der Waals surface area contributed by atoms with Crippen molar-refractivity contribution in [3.05, 3.63) is 39.3 Å². The van der Waals surface area contributed by atoms with Crippen LogP contribution in [0.1, 0.15) is 35.1 Å². The number of anilines is 1. The van der Waals surface area contributed by atoms with Gasteiger partial charge in [0.1, 0.15) is 0 Å². The van der Waals surface area contributed by atoms with Crippen molar-refractivity contribution in [3.8, 4) is 0 Å². The Hall–Kier alpha value is -1.46. The summed E-state index contributed by atoms with van der Waals surface area (Å²) in [6.07, 6.45) is 3.42. The molecule has 1 aromatic heterocycles. The van der Waals surface area contributed by atoms with Crippen LogP contribution in [-0.4, -0.2) is 16.1 Å². The van der Waals surface area contributed by atoms with Crippen molar-refractivity contribution in [2.75, 3.05) is 5.32 Å². The van der Waals surface area contributed by atoms with E-state index in [9.17, 15) is 4.79 Å². The smallest absolute Gasteiger partial charge is 0.286 e. The maximum atomic E-state index is 11.8. The molecule has 2 rings (SSSR count). The van der Waals surface area contributed by atoms with Gasteiger partial charge in [0, 0.05) is 5.69 Å². The zero-order valence-electron chi connectivity index (χ0n) is 10.5. The summed E-state index contributed by atoms with van der Waals surface area (Å²) in [4.78, 5) is 11.8. The van der Waals surface area contributed by atoms with Crippen LogP contribution < -0.4 is 5.32 Å². The highest BCUT2D eigenvalue weighted by Crippen LogP contribution is 2.17. The molecule has 6 heteroatoms. The first-order valence-corrected chi connectivity index (χ1v) is 7.28. The van der Waals surface area contributed by atoms with Crippen LogP contribution in [0.2, 0.25) is 4.47 Å². The number of benzene rings is 1. The van der Waals surface area contributed by atoms with Crippen LogP contribution >= 0.6 is 22.9 Å². The van der Waals surface area contributed by atoms with Crippen molar-refractivity contribution < 1.29 is 4.79 Å². The fourth-order valence-electron chi connectivity index (χ4n) is 1.62. The molecule has 0 aliphatic carbocycles. The van der Waals surface area contributed by atoms with Crippen LogP contribution in [0.25, 0.3) is 0 Å². The molecule has 0 aliphatic heterocycles. The van der Waals surface area contributed by atoms with Gasteiger partial charge in [-0.2, -0.15) is 0 Å². The molecule has 0 aliphatic rings. The topological polar surface area (TPSA) is 54.9 Å². The summed E-state index contributed by atoms with van der Waals surface area (Å²) in [5, 5.41) is 10.3. The van der Waals surface area contributed by atoms with E-state index in [2.05, 4.69) is 22.4 Å². The van der Waals surface area contributed by atoms with E-state index in [1.54, 1.807) is 0 Å². The maximum absolute atomic E-state index is 11.8. The number of carbonyl (C=O) groups is 1. The number of nitrogens with zero attached hydrogens (tertiary/aromatic N) is 2. The largest absolute Gasteiger partial charge is 0.320 e. The second-order valence-electron chi connectivity index (χ2n) is 4.11. The minimum Gasteiger partial charge on any atom is -0.320 e. The van der Waals surface area contributed by atoms with Gasteiger partial charge in [-0.3, -0.25) is 4.79 Å². The Balaban J connectivity index is 1.97. The van der Waals surface area contributed by atoms with Gasteiger partial charge >= 0.3 is 0 Å². The fourth-order valence-corrected chi connectivity index (χ4v) is 2.34. The molecule has 0 bridgehead atoms. The number of aromatic nitrogens is 2. The average molecular weight is 296 g/mol. The number of hydrogen-bond acceptors (Lipinski definition) is 4. The van der Waals surface area contributed by atoms with Crippen molar-refractivity contribution in [2.45, 2.75) is 26.2 Å². The summed E-state index contributed by atoms with van der Waals surface area (Å²) in [5.41, 5.74) is 2.02. The number of aryl methyl sites for hydroxylation is 1. The summed E-state index contributed by atoms with van der Waals surface area (Å²) in [7, 11) is 0. The molecule has 2 aromatic rings. The first kappa shape index (κ1) is 14.0. The van der Waals surface area contributed by atoms with E-state index in [0.717, 1.165) is 23.4 Å². The maximum Gasteiger partial charge on any atom is 0.286 e. The van der Waals surface area contributed by atoms with Gasteiger partial charge in [0.15, 0.2) is 0 Å². The lowest BCUT2D eigenvalue weighted by Crippen LogP contribution is -2.11. The molecule has 1 N–H and O–H groups in total. The highest BCUT2D eigenvalue weighted by Gasteiger charge is 2.11. The summed E-state index contributed by atoms with van der Waals surface area (Å²) in [5.74, 6) is -0.286. The second kappa shape index (κ2) is 6.63. The first-order chi connectivity index (χ1) is 9.19. The monoisotopic (exact) mass is 295 g/mol. The molecule has 1 heterocycles. The lowest BCUT2D eigenvalue weighted by Gasteiger charge is -2.04. The molecular formula is C13H14ClN3OS. The second-order valence-corrected chi connectivity index (χ2v) is 5.67. The minimum atomic E-state index is -0.286. The molecule has 1 aromatic carbocycles. The molecule has 100 valence electrons. The molecular weight excluding hydrogens is 282 g/mol. The van der Waals surface area contributed by atoms with E-state index >= 15 is 0 Å². The van der Waals surface area contributed by atoms with Crippen molar-refractivity contribution in [3.63, 3.8) is 0 Å². The van der Waals surface area contributed by atoms with Gasteiger partial charge in [-0.25, -0.2) is 0 Å². The molecule has 0 atom stereocenters. The van der Waals surface area contributed by atoms with E-state index in [4.69, 9.17) is 11.6 Å². The van der Waals surface area contributed by atoms with Gasteiger partial charge in [0.2, 0.25) is 9.47 Å². The third-order valence-corrected chi connectivity index (χ3v) is 3.64. The number of halogens is 1. The molecule has 0 spiro atoms. The van der Waals surface area contributed by atoms with E-state index in [1.807, 2.05) is 24.3 Å². The molecule has 0 fully saturated rings. The fraction of sp³-hybridized carbons (Fsp3) is 0.308. The van der Waals surface area contributed by atoms with Crippen LogP contribution in [0.3, 0.4) is 0 Å².